The molecule has 0 atom stereocenters. The zero-order valence-electron chi connectivity index (χ0n) is 9.82. The van der Waals surface area contributed by atoms with Crippen LogP contribution in [0, 0.1) is 0 Å². The Bertz CT molecular complexity index is 378. The summed E-state index contributed by atoms with van der Waals surface area (Å²) in [5, 5.41) is 0.997. The SMILES string of the molecule is COc1c(N)nsc1N1CCOC(C)(C)C1. The van der Waals surface area contributed by atoms with Crippen LogP contribution in [0.25, 0.3) is 0 Å². The van der Waals surface area contributed by atoms with E-state index in [1.54, 1.807) is 7.11 Å². The number of nitrogen functional groups attached to an aromatic ring is 1. The molecule has 2 N–H and O–H groups in total. The molecule has 0 radical (unpaired) electrons. The van der Waals surface area contributed by atoms with Crippen LogP contribution in [0.15, 0.2) is 0 Å². The number of anilines is 2. The Balaban J connectivity index is 2.23. The molecule has 0 aliphatic carbocycles. The summed E-state index contributed by atoms with van der Waals surface area (Å²) in [5.41, 5.74) is 5.61. The standard InChI is InChI=1S/C10H17N3O2S/c1-10(2)6-13(4-5-15-10)9-7(14-3)8(11)12-16-9/h4-6H2,1-3H3,(H2,11,12). The van der Waals surface area contributed by atoms with Crippen LogP contribution < -0.4 is 15.4 Å². The first-order chi connectivity index (χ1) is 7.53. The van der Waals surface area contributed by atoms with Gasteiger partial charge in [0.05, 0.1) is 19.3 Å². The van der Waals surface area contributed by atoms with Crippen molar-refractivity contribution < 1.29 is 9.47 Å². The molecule has 0 unspecified atom stereocenters. The molecule has 1 aromatic heterocycles. The van der Waals surface area contributed by atoms with Crippen molar-refractivity contribution in [1.82, 2.24) is 4.37 Å². The van der Waals surface area contributed by atoms with Crippen LogP contribution in [0.2, 0.25) is 0 Å². The van der Waals surface area contributed by atoms with Crippen molar-refractivity contribution in [3.8, 4) is 5.75 Å². The molecule has 1 aliphatic rings. The van der Waals surface area contributed by atoms with E-state index in [1.165, 1.54) is 11.5 Å². The number of hydrogen-bond donors (Lipinski definition) is 1. The first kappa shape index (κ1) is 11.5. The van der Waals surface area contributed by atoms with Crippen molar-refractivity contribution in [1.29, 1.82) is 0 Å². The van der Waals surface area contributed by atoms with Gasteiger partial charge < -0.3 is 20.1 Å². The molecular weight excluding hydrogens is 226 g/mol. The molecule has 5 nitrogen and oxygen atoms in total. The predicted octanol–water partition coefficient (Wildman–Crippen LogP) is 1.35. The van der Waals surface area contributed by atoms with E-state index < -0.39 is 0 Å². The van der Waals surface area contributed by atoms with Crippen LogP contribution in [0.1, 0.15) is 13.8 Å². The molecule has 2 rings (SSSR count). The molecule has 1 fully saturated rings. The highest BCUT2D eigenvalue weighted by Crippen LogP contribution is 2.39. The molecule has 0 bridgehead atoms. The van der Waals surface area contributed by atoms with Crippen molar-refractivity contribution in [2.45, 2.75) is 19.4 Å². The number of aromatic nitrogens is 1. The van der Waals surface area contributed by atoms with Gasteiger partial charge in [-0.25, -0.2) is 0 Å². The normalized spacial score (nSPS) is 19.8. The Kier molecular flexibility index (Phi) is 2.94. The fourth-order valence-electron chi connectivity index (χ4n) is 1.87. The van der Waals surface area contributed by atoms with Crippen LogP contribution in [0.4, 0.5) is 10.8 Å². The maximum absolute atomic E-state index is 5.74. The van der Waals surface area contributed by atoms with Gasteiger partial charge in [0.15, 0.2) is 16.6 Å². The number of nitrogens with zero attached hydrogens (tertiary/aromatic N) is 2. The quantitative estimate of drug-likeness (QED) is 0.849. The average Bonchev–Trinajstić information content (AvgIpc) is 2.58. The largest absolute Gasteiger partial charge is 0.490 e. The van der Waals surface area contributed by atoms with Gasteiger partial charge in [-0.1, -0.05) is 0 Å². The topological polar surface area (TPSA) is 60.6 Å². The zero-order chi connectivity index (χ0) is 11.8. The smallest absolute Gasteiger partial charge is 0.197 e. The summed E-state index contributed by atoms with van der Waals surface area (Å²) in [4.78, 5) is 2.22. The van der Waals surface area contributed by atoms with Crippen molar-refractivity contribution in [2.75, 3.05) is 37.4 Å². The van der Waals surface area contributed by atoms with Crippen molar-refractivity contribution in [3.05, 3.63) is 0 Å². The number of ether oxygens (including phenoxy) is 2. The third kappa shape index (κ3) is 2.08. The Hall–Kier alpha value is -1.01. The van der Waals surface area contributed by atoms with Crippen LogP contribution in [-0.4, -0.2) is 36.8 Å². The molecule has 2 heterocycles. The fraction of sp³-hybridized carbons (Fsp3) is 0.700. The Labute approximate surface area is 99.3 Å². The van der Waals surface area contributed by atoms with Gasteiger partial charge in [0.25, 0.3) is 0 Å². The summed E-state index contributed by atoms with van der Waals surface area (Å²) >= 11 is 1.38. The second-order valence-electron chi connectivity index (χ2n) is 4.44. The van der Waals surface area contributed by atoms with E-state index in [2.05, 4.69) is 23.1 Å². The maximum atomic E-state index is 5.74. The lowest BCUT2D eigenvalue weighted by Gasteiger charge is -2.38. The van der Waals surface area contributed by atoms with Gasteiger partial charge in [0.2, 0.25) is 0 Å². The Morgan fingerprint density at radius 3 is 2.94 bits per heavy atom. The van der Waals surface area contributed by atoms with E-state index in [9.17, 15) is 0 Å². The first-order valence-electron chi connectivity index (χ1n) is 5.21. The fourth-order valence-corrected chi connectivity index (χ4v) is 2.68. The van der Waals surface area contributed by atoms with Gasteiger partial charge in [0.1, 0.15) is 0 Å². The van der Waals surface area contributed by atoms with Crippen LogP contribution >= 0.6 is 11.5 Å². The minimum atomic E-state index is -0.137. The molecular formula is C10H17N3O2S. The second kappa shape index (κ2) is 4.10. The number of methoxy groups -OCH3 is 1. The number of rotatable bonds is 2. The third-order valence-corrected chi connectivity index (χ3v) is 3.48. The van der Waals surface area contributed by atoms with Gasteiger partial charge in [-0.15, -0.1) is 0 Å². The van der Waals surface area contributed by atoms with Gasteiger partial charge in [-0.05, 0) is 25.4 Å². The number of nitrogens with two attached hydrogens (primary N) is 1. The monoisotopic (exact) mass is 243 g/mol. The second-order valence-corrected chi connectivity index (χ2v) is 5.19. The zero-order valence-corrected chi connectivity index (χ0v) is 10.6. The molecule has 6 heteroatoms. The molecule has 0 aromatic carbocycles. The van der Waals surface area contributed by atoms with E-state index in [0.717, 1.165) is 18.1 Å². The molecule has 16 heavy (non-hydrogen) atoms. The highest BCUT2D eigenvalue weighted by Gasteiger charge is 2.30. The third-order valence-electron chi connectivity index (χ3n) is 2.57. The van der Waals surface area contributed by atoms with Crippen molar-refractivity contribution in [2.24, 2.45) is 0 Å². The number of hydrogen-bond acceptors (Lipinski definition) is 6. The van der Waals surface area contributed by atoms with E-state index in [4.69, 9.17) is 15.2 Å². The highest BCUT2D eigenvalue weighted by molar-refractivity contribution is 7.11. The summed E-state index contributed by atoms with van der Waals surface area (Å²) in [5.74, 6) is 1.15. The molecule has 1 aromatic rings. The first-order valence-corrected chi connectivity index (χ1v) is 5.99. The Morgan fingerprint density at radius 2 is 2.31 bits per heavy atom. The summed E-state index contributed by atoms with van der Waals surface area (Å²) in [6.45, 7) is 6.55. The molecule has 90 valence electrons. The Morgan fingerprint density at radius 1 is 1.56 bits per heavy atom. The molecule has 0 amide bonds. The van der Waals surface area contributed by atoms with E-state index in [1.807, 2.05) is 0 Å². The number of morpholine rings is 1. The van der Waals surface area contributed by atoms with Gasteiger partial charge in [0, 0.05) is 13.1 Å². The van der Waals surface area contributed by atoms with Crippen LogP contribution in [0.5, 0.6) is 5.75 Å². The van der Waals surface area contributed by atoms with Crippen molar-refractivity contribution >= 4 is 22.4 Å². The lowest BCUT2D eigenvalue weighted by Crippen LogP contribution is -2.48. The summed E-state index contributed by atoms with van der Waals surface area (Å²) in [6, 6.07) is 0. The molecule has 0 saturated carbocycles. The van der Waals surface area contributed by atoms with Crippen molar-refractivity contribution in [3.63, 3.8) is 0 Å². The average molecular weight is 243 g/mol. The highest BCUT2D eigenvalue weighted by atomic mass is 32.1. The lowest BCUT2D eigenvalue weighted by molar-refractivity contribution is -0.0275. The minimum Gasteiger partial charge on any atom is -0.490 e. The summed E-state index contributed by atoms with van der Waals surface area (Å²) in [6.07, 6.45) is 0. The summed E-state index contributed by atoms with van der Waals surface area (Å²) < 4.78 is 15.1. The maximum Gasteiger partial charge on any atom is 0.197 e. The molecule has 1 saturated heterocycles. The van der Waals surface area contributed by atoms with Gasteiger partial charge in [-0.3, -0.25) is 0 Å². The van der Waals surface area contributed by atoms with Crippen LogP contribution in [0.3, 0.4) is 0 Å². The summed E-state index contributed by atoms with van der Waals surface area (Å²) in [7, 11) is 1.62. The van der Waals surface area contributed by atoms with E-state index >= 15 is 0 Å². The van der Waals surface area contributed by atoms with Crippen LogP contribution in [-0.2, 0) is 4.74 Å². The lowest BCUT2D eigenvalue weighted by atomic mass is 10.1. The predicted molar refractivity (Wildman–Crippen MR) is 65.3 cm³/mol. The van der Waals surface area contributed by atoms with Gasteiger partial charge >= 0.3 is 0 Å². The minimum absolute atomic E-state index is 0.137. The van der Waals surface area contributed by atoms with Gasteiger partial charge in [-0.2, -0.15) is 4.37 Å². The molecule has 0 spiro atoms. The van der Waals surface area contributed by atoms with E-state index in [-0.39, 0.29) is 5.60 Å². The molecule has 1 aliphatic heterocycles. The van der Waals surface area contributed by atoms with E-state index in [0.29, 0.717) is 18.2 Å².